The first kappa shape index (κ1) is 15.8. The highest BCUT2D eigenvalue weighted by Gasteiger charge is 2.29. The van der Waals surface area contributed by atoms with Gasteiger partial charge in [0, 0.05) is 6.26 Å². The Labute approximate surface area is 97.6 Å². The molecule has 0 amide bonds. The molecule has 0 fully saturated rings. The third-order valence-electron chi connectivity index (χ3n) is 1.38. The molecule has 2 N–H and O–H groups in total. The number of carboxylic acids is 2. The third kappa shape index (κ3) is 6.86. The highest BCUT2D eigenvalue weighted by atomic mass is 32.3. The van der Waals surface area contributed by atoms with Crippen molar-refractivity contribution < 1.29 is 36.6 Å². The van der Waals surface area contributed by atoms with E-state index in [0.717, 1.165) is 0 Å². The Balaban J connectivity index is 5.15. The maximum atomic E-state index is 11.4. The van der Waals surface area contributed by atoms with E-state index in [1.54, 1.807) is 0 Å². The van der Waals surface area contributed by atoms with Crippen LogP contribution in [0.25, 0.3) is 0 Å². The number of carbonyl (C=O) groups is 2. The molecule has 9 nitrogen and oxygen atoms in total. The SMILES string of the molecule is CS(=O)(=O)CS(=O)(=O)N(CC(=O)O)CC(=O)O. The van der Waals surface area contributed by atoms with Crippen molar-refractivity contribution in [2.45, 2.75) is 0 Å². The van der Waals surface area contributed by atoms with Crippen molar-refractivity contribution >= 4 is 31.8 Å². The van der Waals surface area contributed by atoms with Crippen LogP contribution >= 0.6 is 0 Å². The van der Waals surface area contributed by atoms with Crippen molar-refractivity contribution in [2.24, 2.45) is 0 Å². The zero-order valence-electron chi connectivity index (χ0n) is 8.73. The van der Waals surface area contributed by atoms with Crippen LogP contribution in [0.2, 0.25) is 0 Å². The zero-order chi connectivity index (χ0) is 13.9. The van der Waals surface area contributed by atoms with Crippen molar-refractivity contribution in [1.82, 2.24) is 4.31 Å². The highest BCUT2D eigenvalue weighted by molar-refractivity contribution is 8.06. The maximum absolute atomic E-state index is 11.4. The quantitative estimate of drug-likeness (QED) is 0.536. The van der Waals surface area contributed by atoms with Gasteiger partial charge in [0.2, 0.25) is 10.0 Å². The second kappa shape index (κ2) is 5.42. The van der Waals surface area contributed by atoms with Crippen molar-refractivity contribution in [3.05, 3.63) is 0 Å². The largest absolute Gasteiger partial charge is 0.480 e. The van der Waals surface area contributed by atoms with Gasteiger partial charge in [-0.1, -0.05) is 0 Å². The van der Waals surface area contributed by atoms with Crippen molar-refractivity contribution in [3.63, 3.8) is 0 Å². The molecule has 0 atom stereocenters. The molecule has 0 bridgehead atoms. The van der Waals surface area contributed by atoms with Gasteiger partial charge in [0.25, 0.3) is 0 Å². The maximum Gasteiger partial charge on any atom is 0.318 e. The summed E-state index contributed by atoms with van der Waals surface area (Å²) in [7, 11) is -8.40. The lowest BCUT2D eigenvalue weighted by Gasteiger charge is -2.17. The summed E-state index contributed by atoms with van der Waals surface area (Å²) in [6, 6.07) is 0. The Kier molecular flexibility index (Phi) is 5.04. The van der Waals surface area contributed by atoms with E-state index in [0.29, 0.717) is 6.26 Å². The first-order valence-corrected chi connectivity index (χ1v) is 7.70. The number of hydrogen-bond acceptors (Lipinski definition) is 6. The number of aliphatic carboxylic acids is 2. The minimum atomic E-state index is -4.49. The zero-order valence-corrected chi connectivity index (χ0v) is 10.4. The normalized spacial score (nSPS) is 12.6. The average Bonchev–Trinajstić information content (AvgIpc) is 1.95. The van der Waals surface area contributed by atoms with Gasteiger partial charge < -0.3 is 10.2 Å². The van der Waals surface area contributed by atoms with Gasteiger partial charge in [-0.3, -0.25) is 9.59 Å². The van der Waals surface area contributed by atoms with Crippen LogP contribution in [0.15, 0.2) is 0 Å². The summed E-state index contributed by atoms with van der Waals surface area (Å²) < 4.78 is 44.6. The standard InChI is InChI=1S/C6H11NO8S2/c1-16(12,13)4-17(14,15)7(2-5(8)9)3-6(10)11/h2-4H2,1H3,(H,8,9)(H,10,11). The van der Waals surface area contributed by atoms with E-state index in [-0.39, 0.29) is 4.31 Å². The minimum Gasteiger partial charge on any atom is -0.480 e. The Morgan fingerprint density at radius 1 is 1.00 bits per heavy atom. The summed E-state index contributed by atoms with van der Waals surface area (Å²) in [6.07, 6.45) is 0.643. The summed E-state index contributed by atoms with van der Waals surface area (Å²) in [6.45, 7) is -2.21. The molecule has 0 aliphatic rings. The number of nitrogens with zero attached hydrogens (tertiary/aromatic N) is 1. The van der Waals surface area contributed by atoms with Gasteiger partial charge in [-0.15, -0.1) is 0 Å². The van der Waals surface area contributed by atoms with Crippen LogP contribution in [0.5, 0.6) is 0 Å². The molecule has 0 aromatic heterocycles. The monoisotopic (exact) mass is 289 g/mol. The van der Waals surface area contributed by atoms with Gasteiger partial charge >= 0.3 is 11.9 Å². The number of sulfonamides is 1. The molecule has 0 spiro atoms. The van der Waals surface area contributed by atoms with Gasteiger partial charge in [-0.2, -0.15) is 4.31 Å². The number of carboxylic acid groups (broad SMARTS) is 2. The molecule has 0 aliphatic heterocycles. The van der Waals surface area contributed by atoms with Crippen LogP contribution in [0, 0.1) is 0 Å². The van der Waals surface area contributed by atoms with E-state index in [2.05, 4.69) is 0 Å². The number of hydrogen-bond donors (Lipinski definition) is 2. The summed E-state index contributed by atoms with van der Waals surface area (Å²) in [5.41, 5.74) is 0. The second-order valence-electron chi connectivity index (χ2n) is 3.21. The molecule has 17 heavy (non-hydrogen) atoms. The molecular formula is C6H11NO8S2. The molecule has 0 aliphatic carbocycles. The lowest BCUT2D eigenvalue weighted by molar-refractivity contribution is -0.139. The van der Waals surface area contributed by atoms with Gasteiger partial charge in [-0.25, -0.2) is 16.8 Å². The highest BCUT2D eigenvalue weighted by Crippen LogP contribution is 2.04. The number of rotatable bonds is 7. The smallest absolute Gasteiger partial charge is 0.318 e. The molecule has 0 radical (unpaired) electrons. The topological polar surface area (TPSA) is 146 Å². The Morgan fingerprint density at radius 3 is 1.59 bits per heavy atom. The Bertz CT molecular complexity index is 488. The van der Waals surface area contributed by atoms with E-state index in [9.17, 15) is 26.4 Å². The van der Waals surface area contributed by atoms with Crippen LogP contribution in [0.4, 0.5) is 0 Å². The van der Waals surface area contributed by atoms with E-state index >= 15 is 0 Å². The molecule has 0 heterocycles. The molecule has 0 unspecified atom stereocenters. The second-order valence-corrected chi connectivity index (χ2v) is 7.69. The average molecular weight is 289 g/mol. The van der Waals surface area contributed by atoms with Gasteiger partial charge in [0.1, 0.15) is 13.1 Å². The van der Waals surface area contributed by atoms with E-state index in [1.807, 2.05) is 0 Å². The fraction of sp³-hybridized carbons (Fsp3) is 0.667. The molecule has 0 saturated carbocycles. The van der Waals surface area contributed by atoms with E-state index in [1.165, 1.54) is 0 Å². The molecular weight excluding hydrogens is 278 g/mol. The molecule has 0 aromatic carbocycles. The van der Waals surface area contributed by atoms with Crippen molar-refractivity contribution in [3.8, 4) is 0 Å². The van der Waals surface area contributed by atoms with Crippen LogP contribution < -0.4 is 0 Å². The fourth-order valence-electron chi connectivity index (χ4n) is 0.899. The predicted molar refractivity (Wildman–Crippen MR) is 55.5 cm³/mol. The summed E-state index contributed by atoms with van der Waals surface area (Å²) in [5, 5.41) is 15.5. The van der Waals surface area contributed by atoms with Crippen molar-refractivity contribution in [2.75, 3.05) is 24.4 Å². The summed E-state index contributed by atoms with van der Waals surface area (Å²) in [4.78, 5) is 20.7. The van der Waals surface area contributed by atoms with E-state index < -0.39 is 50.0 Å². The van der Waals surface area contributed by atoms with Crippen LogP contribution in [0.1, 0.15) is 0 Å². The van der Waals surface area contributed by atoms with Gasteiger partial charge in [0.05, 0.1) is 0 Å². The predicted octanol–water partition coefficient (Wildman–Crippen LogP) is -2.21. The minimum absolute atomic E-state index is 0.0821. The first-order valence-electron chi connectivity index (χ1n) is 4.03. The fourth-order valence-corrected chi connectivity index (χ4v) is 4.27. The van der Waals surface area contributed by atoms with Crippen LogP contribution in [-0.4, -0.2) is 67.7 Å². The Morgan fingerprint density at radius 2 is 1.35 bits per heavy atom. The molecule has 0 aromatic rings. The lowest BCUT2D eigenvalue weighted by Crippen LogP contribution is -2.41. The lowest BCUT2D eigenvalue weighted by atomic mass is 10.6. The van der Waals surface area contributed by atoms with E-state index in [4.69, 9.17) is 10.2 Å². The first-order chi connectivity index (χ1) is 7.44. The molecule has 11 heteroatoms. The Hall–Kier alpha value is -1.20. The molecule has 100 valence electrons. The summed E-state index contributed by atoms with van der Waals surface area (Å²) >= 11 is 0. The molecule has 0 saturated heterocycles. The van der Waals surface area contributed by atoms with Gasteiger partial charge in [0.15, 0.2) is 14.9 Å². The number of sulfone groups is 1. The third-order valence-corrected chi connectivity index (χ3v) is 5.33. The van der Waals surface area contributed by atoms with Gasteiger partial charge in [-0.05, 0) is 0 Å². The van der Waals surface area contributed by atoms with Crippen molar-refractivity contribution in [1.29, 1.82) is 0 Å². The molecule has 0 rings (SSSR count). The summed E-state index contributed by atoms with van der Waals surface area (Å²) in [5.74, 6) is -3.16. The van der Waals surface area contributed by atoms with Crippen LogP contribution in [-0.2, 0) is 29.4 Å². The van der Waals surface area contributed by atoms with Crippen LogP contribution in [0.3, 0.4) is 0 Å².